The number of carbonyl (C=O) groups is 1. The Morgan fingerprint density at radius 2 is 1.87 bits per heavy atom. The Morgan fingerprint density at radius 1 is 1.22 bits per heavy atom. The number of alkyl halides is 3. The molecule has 1 aliphatic heterocycles. The molecule has 0 aromatic heterocycles. The van der Waals surface area contributed by atoms with Crippen molar-refractivity contribution in [2.45, 2.75) is 6.18 Å². The molecule has 0 unspecified atom stereocenters. The lowest BCUT2D eigenvalue weighted by atomic mass is 10.2. The number of halogens is 3. The first-order chi connectivity index (χ1) is 10.9. The summed E-state index contributed by atoms with van der Waals surface area (Å²) in [5.41, 5.74) is 0.983. The lowest BCUT2D eigenvalue weighted by Gasteiger charge is -2.36. The number of hydrogen-bond donors (Lipinski definition) is 1. The van der Waals surface area contributed by atoms with Crippen LogP contribution in [0.25, 0.3) is 0 Å². The number of nitrogens with one attached hydrogen (secondary N) is 1. The molecule has 0 atom stereocenters. The van der Waals surface area contributed by atoms with Crippen molar-refractivity contribution >= 4 is 11.6 Å². The highest BCUT2D eigenvalue weighted by Gasteiger charge is 2.28. The van der Waals surface area contributed by atoms with Gasteiger partial charge in [-0.05, 0) is 12.1 Å². The number of piperazine rings is 1. The van der Waals surface area contributed by atoms with E-state index in [4.69, 9.17) is 4.74 Å². The van der Waals surface area contributed by atoms with Gasteiger partial charge in [-0.3, -0.25) is 9.69 Å². The number of hydrogen-bond acceptors (Lipinski definition) is 4. The number of anilines is 1. The van der Waals surface area contributed by atoms with Crippen LogP contribution in [0, 0.1) is 0 Å². The lowest BCUT2D eigenvalue weighted by molar-refractivity contribution is -0.139. The first-order valence-corrected chi connectivity index (χ1v) is 7.33. The van der Waals surface area contributed by atoms with Crippen LogP contribution in [0.4, 0.5) is 18.9 Å². The number of ether oxygens (including phenoxy) is 1. The van der Waals surface area contributed by atoms with E-state index in [1.54, 1.807) is 7.11 Å². The monoisotopic (exact) mass is 331 g/mol. The molecule has 0 saturated carbocycles. The third kappa shape index (κ3) is 5.31. The van der Waals surface area contributed by atoms with Gasteiger partial charge in [0.1, 0.15) is 12.3 Å². The molecule has 0 bridgehead atoms. The molecule has 1 fully saturated rings. The van der Waals surface area contributed by atoms with E-state index in [2.05, 4.69) is 4.90 Å². The Balaban J connectivity index is 1.81. The first-order valence-electron chi connectivity index (χ1n) is 7.33. The van der Waals surface area contributed by atoms with Gasteiger partial charge >= 0.3 is 6.18 Å². The average Bonchev–Trinajstić information content (AvgIpc) is 2.53. The Kier molecular flexibility index (Phi) is 5.70. The molecule has 8 heteroatoms. The summed E-state index contributed by atoms with van der Waals surface area (Å²) in [6.45, 7) is 1.29. The van der Waals surface area contributed by atoms with Crippen LogP contribution >= 0.6 is 0 Å². The highest BCUT2D eigenvalue weighted by Crippen LogP contribution is 2.28. The fourth-order valence-corrected chi connectivity index (χ4v) is 2.50. The molecule has 2 rings (SSSR count). The van der Waals surface area contributed by atoms with Gasteiger partial charge in [0.2, 0.25) is 5.91 Å². The van der Waals surface area contributed by atoms with Crippen molar-refractivity contribution in [3.8, 4) is 5.75 Å². The van der Waals surface area contributed by atoms with Crippen LogP contribution in [-0.2, 0) is 4.79 Å². The van der Waals surface area contributed by atoms with Gasteiger partial charge < -0.3 is 15.0 Å². The second-order valence-electron chi connectivity index (χ2n) is 5.33. The summed E-state index contributed by atoms with van der Waals surface area (Å²) in [5, 5.41) is 1.89. The number of methoxy groups -OCH3 is 1. The van der Waals surface area contributed by atoms with E-state index >= 15 is 0 Å². The summed E-state index contributed by atoms with van der Waals surface area (Å²) in [6, 6.07) is 7.66. The van der Waals surface area contributed by atoms with Crippen molar-refractivity contribution in [2.24, 2.45) is 0 Å². The normalized spacial score (nSPS) is 16.3. The Hall–Kier alpha value is -1.96. The summed E-state index contributed by atoms with van der Waals surface area (Å²) in [7, 11) is 1.61. The van der Waals surface area contributed by atoms with Crippen molar-refractivity contribution in [3.63, 3.8) is 0 Å². The smallest absolute Gasteiger partial charge is 0.405 e. The molecule has 1 aromatic rings. The van der Waals surface area contributed by atoms with Gasteiger partial charge in [-0.25, -0.2) is 0 Å². The maximum absolute atomic E-state index is 12.1. The molecule has 1 amide bonds. The standard InChI is InChI=1S/C15H20F3N3O2/c1-23-13-5-3-2-4-12(13)21-8-6-20(7-9-21)10-14(22)19-11-15(16,17)18/h2-5H,6-11H2,1H3,(H,19,22). The highest BCUT2D eigenvalue weighted by molar-refractivity contribution is 5.78. The summed E-state index contributed by atoms with van der Waals surface area (Å²) in [4.78, 5) is 15.5. The van der Waals surface area contributed by atoms with E-state index in [1.807, 2.05) is 34.5 Å². The summed E-state index contributed by atoms with van der Waals surface area (Å²) in [5.74, 6) is 0.178. The molecule has 1 heterocycles. The number of carbonyl (C=O) groups excluding carboxylic acids is 1. The van der Waals surface area contributed by atoms with E-state index in [-0.39, 0.29) is 6.54 Å². The fourth-order valence-electron chi connectivity index (χ4n) is 2.50. The number of para-hydroxylation sites is 2. The molecule has 23 heavy (non-hydrogen) atoms. The molecule has 1 aliphatic rings. The second kappa shape index (κ2) is 7.54. The van der Waals surface area contributed by atoms with Crippen LogP contribution in [-0.4, -0.2) is 63.4 Å². The van der Waals surface area contributed by atoms with Crippen molar-refractivity contribution in [3.05, 3.63) is 24.3 Å². The number of benzene rings is 1. The minimum Gasteiger partial charge on any atom is -0.495 e. The Morgan fingerprint density at radius 3 is 2.48 bits per heavy atom. The molecule has 0 aliphatic carbocycles. The van der Waals surface area contributed by atoms with Gasteiger partial charge in [-0.15, -0.1) is 0 Å². The summed E-state index contributed by atoms with van der Waals surface area (Å²) < 4.78 is 41.5. The molecule has 0 radical (unpaired) electrons. The van der Waals surface area contributed by atoms with E-state index < -0.39 is 18.6 Å². The van der Waals surface area contributed by atoms with Crippen LogP contribution in [0.15, 0.2) is 24.3 Å². The van der Waals surface area contributed by atoms with Crippen LogP contribution < -0.4 is 15.0 Å². The SMILES string of the molecule is COc1ccccc1N1CCN(CC(=O)NCC(F)(F)F)CC1. The molecule has 1 aromatic carbocycles. The summed E-state index contributed by atoms with van der Waals surface area (Å²) >= 11 is 0. The van der Waals surface area contributed by atoms with Gasteiger partial charge in [0.25, 0.3) is 0 Å². The maximum Gasteiger partial charge on any atom is 0.405 e. The van der Waals surface area contributed by atoms with Gasteiger partial charge in [-0.1, -0.05) is 12.1 Å². The first kappa shape index (κ1) is 17.4. The Bertz CT molecular complexity index is 529. The zero-order valence-corrected chi connectivity index (χ0v) is 12.9. The van der Waals surface area contributed by atoms with Crippen LogP contribution in [0.2, 0.25) is 0 Å². The second-order valence-corrected chi connectivity index (χ2v) is 5.33. The molecular weight excluding hydrogens is 311 g/mol. The van der Waals surface area contributed by atoms with Crippen LogP contribution in [0.1, 0.15) is 0 Å². The van der Waals surface area contributed by atoms with E-state index in [0.29, 0.717) is 26.2 Å². The third-order valence-corrected chi connectivity index (χ3v) is 3.65. The maximum atomic E-state index is 12.1. The lowest BCUT2D eigenvalue weighted by Crippen LogP contribution is -2.50. The molecule has 128 valence electrons. The van der Waals surface area contributed by atoms with Gasteiger partial charge in [0.15, 0.2) is 0 Å². The van der Waals surface area contributed by atoms with E-state index in [9.17, 15) is 18.0 Å². The number of nitrogens with zero attached hydrogens (tertiary/aromatic N) is 2. The average molecular weight is 331 g/mol. The quantitative estimate of drug-likeness (QED) is 0.888. The van der Waals surface area contributed by atoms with Gasteiger partial charge in [-0.2, -0.15) is 13.2 Å². The molecule has 0 spiro atoms. The molecule has 1 N–H and O–H groups in total. The van der Waals surface area contributed by atoms with E-state index in [0.717, 1.165) is 11.4 Å². The van der Waals surface area contributed by atoms with Crippen molar-refractivity contribution < 1.29 is 22.7 Å². The summed E-state index contributed by atoms with van der Waals surface area (Å²) in [6.07, 6.45) is -4.38. The van der Waals surface area contributed by atoms with Crippen LogP contribution in [0.5, 0.6) is 5.75 Å². The molecule has 5 nitrogen and oxygen atoms in total. The minimum absolute atomic E-state index is 0.0180. The predicted molar refractivity (Wildman–Crippen MR) is 80.7 cm³/mol. The van der Waals surface area contributed by atoms with Crippen molar-refractivity contribution in [2.75, 3.05) is 51.3 Å². The topological polar surface area (TPSA) is 44.8 Å². The number of amides is 1. The van der Waals surface area contributed by atoms with Crippen molar-refractivity contribution in [1.29, 1.82) is 0 Å². The molecule has 1 saturated heterocycles. The predicted octanol–water partition coefficient (Wildman–Crippen LogP) is 1.50. The minimum atomic E-state index is -4.38. The zero-order valence-electron chi connectivity index (χ0n) is 12.9. The Labute approximate surface area is 133 Å². The van der Waals surface area contributed by atoms with Crippen LogP contribution in [0.3, 0.4) is 0 Å². The zero-order chi connectivity index (χ0) is 16.9. The largest absolute Gasteiger partial charge is 0.495 e. The molecular formula is C15H20F3N3O2. The van der Waals surface area contributed by atoms with E-state index in [1.165, 1.54) is 0 Å². The number of rotatable bonds is 5. The van der Waals surface area contributed by atoms with Crippen molar-refractivity contribution in [1.82, 2.24) is 10.2 Å². The van der Waals surface area contributed by atoms with Gasteiger partial charge in [0.05, 0.1) is 19.3 Å². The highest BCUT2D eigenvalue weighted by atomic mass is 19.4. The third-order valence-electron chi connectivity index (χ3n) is 3.65. The van der Waals surface area contributed by atoms with Gasteiger partial charge in [0, 0.05) is 26.2 Å². The fraction of sp³-hybridized carbons (Fsp3) is 0.533.